The third-order valence-corrected chi connectivity index (χ3v) is 6.58. The van der Waals surface area contributed by atoms with E-state index in [1.54, 1.807) is 54.1 Å². The van der Waals surface area contributed by atoms with E-state index in [2.05, 4.69) is 15.5 Å². The molecule has 0 spiro atoms. The van der Waals surface area contributed by atoms with Gasteiger partial charge in [0.15, 0.2) is 11.0 Å². The van der Waals surface area contributed by atoms with Gasteiger partial charge in [0.05, 0.1) is 35.5 Å². The Labute approximate surface area is 189 Å². The van der Waals surface area contributed by atoms with Crippen LogP contribution in [0.1, 0.15) is 16.2 Å². The Bertz CT molecular complexity index is 1230. The van der Waals surface area contributed by atoms with Crippen molar-refractivity contribution in [1.29, 1.82) is 0 Å². The average molecular weight is 476 g/mol. The van der Waals surface area contributed by atoms with Gasteiger partial charge in [0.2, 0.25) is 15.9 Å². The lowest BCUT2D eigenvalue weighted by Crippen LogP contribution is -2.30. The van der Waals surface area contributed by atoms with Gasteiger partial charge in [-0.05, 0) is 24.3 Å². The van der Waals surface area contributed by atoms with Crippen LogP contribution < -0.4 is 9.62 Å². The van der Waals surface area contributed by atoms with Crippen LogP contribution in [0.3, 0.4) is 0 Å². The van der Waals surface area contributed by atoms with Crippen LogP contribution in [0, 0.1) is 0 Å². The molecule has 1 amide bonds. The summed E-state index contributed by atoms with van der Waals surface area (Å²) in [5.74, 6) is -1.18. The predicted molar refractivity (Wildman–Crippen MR) is 121 cm³/mol. The fraction of sp³-hybridized carbons (Fsp3) is 0.200. The van der Waals surface area contributed by atoms with Crippen LogP contribution in [0.25, 0.3) is 0 Å². The van der Waals surface area contributed by atoms with Crippen LogP contribution >= 0.6 is 11.8 Å². The summed E-state index contributed by atoms with van der Waals surface area (Å²) >= 11 is 1.10. The molecule has 0 bridgehead atoms. The van der Waals surface area contributed by atoms with Crippen LogP contribution in [0.2, 0.25) is 0 Å². The minimum Gasteiger partial charge on any atom is -0.478 e. The zero-order valence-corrected chi connectivity index (χ0v) is 18.9. The van der Waals surface area contributed by atoms with Gasteiger partial charge in [0.25, 0.3) is 0 Å². The zero-order valence-electron chi connectivity index (χ0n) is 17.3. The van der Waals surface area contributed by atoms with E-state index in [1.165, 1.54) is 16.4 Å². The Morgan fingerprint density at radius 1 is 1.09 bits per heavy atom. The minimum absolute atomic E-state index is 0.00595. The number of rotatable bonds is 9. The number of nitrogens with zero attached hydrogens (tertiary/aromatic N) is 4. The van der Waals surface area contributed by atoms with Crippen molar-refractivity contribution >= 4 is 45.0 Å². The quantitative estimate of drug-likeness (QED) is 0.450. The van der Waals surface area contributed by atoms with Gasteiger partial charge in [0, 0.05) is 7.05 Å². The fourth-order valence-electron chi connectivity index (χ4n) is 2.83. The Morgan fingerprint density at radius 3 is 2.41 bits per heavy atom. The van der Waals surface area contributed by atoms with Crippen LogP contribution in [-0.2, 0) is 28.4 Å². The maximum Gasteiger partial charge on any atom is 0.337 e. The van der Waals surface area contributed by atoms with Crippen molar-refractivity contribution in [2.75, 3.05) is 21.6 Å². The number of hydrogen-bond acceptors (Lipinski definition) is 7. The van der Waals surface area contributed by atoms with Gasteiger partial charge in [-0.3, -0.25) is 9.10 Å². The number of carboxylic acids is 1. The van der Waals surface area contributed by atoms with E-state index in [-0.39, 0.29) is 23.5 Å². The van der Waals surface area contributed by atoms with Crippen molar-refractivity contribution in [2.24, 2.45) is 7.05 Å². The first-order valence-electron chi connectivity index (χ1n) is 9.33. The Balaban J connectivity index is 1.69. The molecule has 2 aromatic carbocycles. The number of para-hydroxylation sites is 2. The summed E-state index contributed by atoms with van der Waals surface area (Å²) in [5.41, 5.74) is 0.702. The predicted octanol–water partition coefficient (Wildman–Crippen LogP) is 2.21. The Kier molecular flexibility index (Phi) is 7.15. The number of anilines is 2. The third-order valence-electron chi connectivity index (χ3n) is 4.42. The highest BCUT2D eigenvalue weighted by Gasteiger charge is 2.21. The van der Waals surface area contributed by atoms with Crippen molar-refractivity contribution in [3.05, 3.63) is 66.0 Å². The highest BCUT2D eigenvalue weighted by Crippen LogP contribution is 2.22. The second-order valence-electron chi connectivity index (χ2n) is 6.75. The number of hydrogen-bond donors (Lipinski definition) is 2. The molecular formula is C20H21N5O5S2. The van der Waals surface area contributed by atoms with Gasteiger partial charge in [-0.1, -0.05) is 42.1 Å². The Morgan fingerprint density at radius 2 is 1.75 bits per heavy atom. The van der Waals surface area contributed by atoms with Crippen molar-refractivity contribution < 1.29 is 23.1 Å². The first-order chi connectivity index (χ1) is 15.2. The molecule has 168 valence electrons. The average Bonchev–Trinajstić information content (AvgIpc) is 3.10. The van der Waals surface area contributed by atoms with E-state index in [4.69, 9.17) is 0 Å². The van der Waals surface area contributed by atoms with E-state index in [0.717, 1.165) is 18.0 Å². The summed E-state index contributed by atoms with van der Waals surface area (Å²) in [6, 6.07) is 14.8. The third kappa shape index (κ3) is 5.65. The lowest BCUT2D eigenvalue weighted by molar-refractivity contribution is -0.113. The number of carboxylic acid groups (broad SMARTS) is 1. The molecule has 0 atom stereocenters. The SMILES string of the molecule is Cn1c(CN(c2ccccc2)S(C)(=O)=O)nnc1SCC(=O)Nc1ccccc1C(=O)O. The molecule has 3 rings (SSSR count). The fourth-order valence-corrected chi connectivity index (χ4v) is 4.41. The molecule has 0 aliphatic carbocycles. The van der Waals surface area contributed by atoms with E-state index in [9.17, 15) is 23.1 Å². The first-order valence-corrected chi connectivity index (χ1v) is 12.2. The van der Waals surface area contributed by atoms with E-state index >= 15 is 0 Å². The summed E-state index contributed by atoms with van der Waals surface area (Å²) in [4.78, 5) is 23.6. The maximum atomic E-state index is 12.3. The molecule has 0 saturated heterocycles. The number of sulfonamides is 1. The molecule has 0 aliphatic rings. The number of amides is 1. The molecule has 10 nitrogen and oxygen atoms in total. The lowest BCUT2D eigenvalue weighted by atomic mass is 10.2. The van der Waals surface area contributed by atoms with Gasteiger partial charge in [0.1, 0.15) is 0 Å². The van der Waals surface area contributed by atoms with Crippen molar-refractivity contribution in [1.82, 2.24) is 14.8 Å². The van der Waals surface area contributed by atoms with Crippen LogP contribution in [0.15, 0.2) is 59.8 Å². The highest BCUT2D eigenvalue weighted by atomic mass is 32.2. The van der Waals surface area contributed by atoms with Gasteiger partial charge in [-0.15, -0.1) is 10.2 Å². The first kappa shape index (κ1) is 23.3. The smallest absolute Gasteiger partial charge is 0.337 e. The molecule has 1 aromatic heterocycles. The summed E-state index contributed by atoms with van der Waals surface area (Å²) in [5, 5.41) is 20.3. The number of benzene rings is 2. The molecule has 32 heavy (non-hydrogen) atoms. The molecule has 0 fully saturated rings. The molecular weight excluding hydrogens is 454 g/mol. The van der Waals surface area contributed by atoms with Crippen LogP contribution in [0.5, 0.6) is 0 Å². The van der Waals surface area contributed by atoms with Gasteiger partial charge >= 0.3 is 5.97 Å². The Hall–Kier alpha value is -3.38. The van der Waals surface area contributed by atoms with E-state index < -0.39 is 21.9 Å². The number of aromatic nitrogens is 3. The molecule has 0 aliphatic heterocycles. The second-order valence-corrected chi connectivity index (χ2v) is 9.60. The number of aromatic carboxylic acids is 1. The lowest BCUT2D eigenvalue weighted by Gasteiger charge is -2.21. The van der Waals surface area contributed by atoms with Crippen molar-refractivity contribution in [3.63, 3.8) is 0 Å². The molecule has 0 radical (unpaired) electrons. The normalized spacial score (nSPS) is 11.2. The standard InChI is InChI=1S/C20H21N5O5S2/c1-24-17(12-25(32(2,29)30)14-8-4-3-5-9-14)22-23-20(24)31-13-18(26)21-16-11-7-6-10-15(16)19(27)28/h3-11H,12-13H2,1-2H3,(H,21,26)(H,27,28). The summed E-state index contributed by atoms with van der Waals surface area (Å²) in [6.07, 6.45) is 1.12. The number of nitrogens with one attached hydrogen (secondary N) is 1. The minimum atomic E-state index is -3.56. The monoisotopic (exact) mass is 475 g/mol. The molecule has 1 heterocycles. The summed E-state index contributed by atoms with van der Waals surface area (Å²) < 4.78 is 27.4. The maximum absolute atomic E-state index is 12.3. The van der Waals surface area contributed by atoms with Crippen LogP contribution in [-0.4, -0.2) is 52.2 Å². The van der Waals surface area contributed by atoms with Gasteiger partial charge < -0.3 is 15.0 Å². The summed E-state index contributed by atoms with van der Waals surface area (Å²) in [6.45, 7) is -0.0227. The van der Waals surface area contributed by atoms with Gasteiger partial charge in [-0.25, -0.2) is 13.2 Å². The summed E-state index contributed by atoms with van der Waals surface area (Å²) in [7, 11) is -1.88. The molecule has 0 saturated carbocycles. The topological polar surface area (TPSA) is 134 Å². The van der Waals surface area contributed by atoms with E-state index in [0.29, 0.717) is 16.7 Å². The molecule has 0 unspecified atom stereocenters. The van der Waals surface area contributed by atoms with Gasteiger partial charge in [-0.2, -0.15) is 0 Å². The molecule has 2 N–H and O–H groups in total. The molecule has 12 heteroatoms. The zero-order chi connectivity index (χ0) is 23.3. The van der Waals surface area contributed by atoms with Crippen LogP contribution in [0.4, 0.5) is 11.4 Å². The highest BCUT2D eigenvalue weighted by molar-refractivity contribution is 7.99. The number of carbonyl (C=O) groups excluding carboxylic acids is 1. The number of thioether (sulfide) groups is 1. The van der Waals surface area contributed by atoms with Crippen molar-refractivity contribution in [3.8, 4) is 0 Å². The largest absolute Gasteiger partial charge is 0.478 e. The number of carbonyl (C=O) groups is 2. The second kappa shape index (κ2) is 9.83. The molecule has 3 aromatic rings. The van der Waals surface area contributed by atoms with E-state index in [1.807, 2.05) is 0 Å². The van der Waals surface area contributed by atoms with Crippen molar-refractivity contribution in [2.45, 2.75) is 11.7 Å².